The van der Waals surface area contributed by atoms with E-state index in [-0.39, 0.29) is 66.1 Å². The molecule has 5 aromatic heterocycles. The number of hydrogen-bond acceptors (Lipinski definition) is 14. The van der Waals surface area contributed by atoms with Gasteiger partial charge in [-0.05, 0) is 72.7 Å². The molecule has 8 rings (SSSR count). The van der Waals surface area contributed by atoms with E-state index >= 15 is 0 Å². The highest BCUT2D eigenvalue weighted by molar-refractivity contribution is 6.09. The quantitative estimate of drug-likeness (QED) is 0.0813. The summed E-state index contributed by atoms with van der Waals surface area (Å²) in [7, 11) is 0. The average Bonchev–Trinajstić information content (AvgIpc) is 3.99. The Morgan fingerprint density at radius 2 is 1.47 bits per heavy atom. The van der Waals surface area contributed by atoms with Crippen molar-refractivity contribution in [2.75, 3.05) is 55.4 Å². The molecule has 23 heteroatoms. The number of likely N-dealkylation sites (tertiary alicyclic amines) is 1. The maximum atomic E-state index is 14.5. The Morgan fingerprint density at radius 1 is 0.824 bits per heavy atom. The number of primary amides is 2. The van der Waals surface area contributed by atoms with E-state index in [2.05, 4.69) is 41.0 Å². The number of fused-ring (bicyclic) bond motifs is 2. The zero-order valence-corrected chi connectivity index (χ0v) is 39.0. The van der Waals surface area contributed by atoms with Crippen molar-refractivity contribution in [1.82, 2.24) is 48.5 Å². The van der Waals surface area contributed by atoms with Gasteiger partial charge in [-0.15, -0.1) is 0 Å². The van der Waals surface area contributed by atoms with Crippen molar-refractivity contribution in [2.24, 2.45) is 16.9 Å². The highest BCUT2D eigenvalue weighted by atomic mass is 16.6. The van der Waals surface area contributed by atoms with E-state index in [1.165, 1.54) is 23.0 Å². The summed E-state index contributed by atoms with van der Waals surface area (Å²) in [5, 5.41) is 17.4. The molecule has 358 valence electrons. The summed E-state index contributed by atoms with van der Waals surface area (Å²) < 4.78 is 23.8. The van der Waals surface area contributed by atoms with Crippen molar-refractivity contribution in [1.29, 1.82) is 0 Å². The number of nitrogens with zero attached hydrogens (tertiary/aromatic N) is 10. The van der Waals surface area contributed by atoms with E-state index in [4.69, 9.17) is 30.7 Å². The third-order valence-electron chi connectivity index (χ3n) is 11.5. The number of imidazole rings is 2. The summed E-state index contributed by atoms with van der Waals surface area (Å²) in [5.74, 6) is -1.95. The number of allylic oxidation sites excluding steroid dienone is 2. The van der Waals surface area contributed by atoms with Crippen molar-refractivity contribution in [3.05, 3.63) is 76.5 Å². The number of aromatic nitrogens is 9. The molecule has 6 aromatic rings. The molecule has 1 aromatic carbocycles. The number of amides is 5. The zero-order valence-electron chi connectivity index (χ0n) is 39.0. The molecule has 2 saturated heterocycles. The van der Waals surface area contributed by atoms with Crippen molar-refractivity contribution in [3.8, 4) is 5.75 Å². The van der Waals surface area contributed by atoms with Crippen LogP contribution in [0.25, 0.3) is 22.2 Å². The smallest absolute Gasteiger partial charge is 0.412 e. The predicted octanol–water partition coefficient (Wildman–Crippen LogP) is 3.85. The number of carbonyl (C=O) groups is 5. The summed E-state index contributed by atoms with van der Waals surface area (Å²) in [5.41, 5.74) is 14.1. The monoisotopic (exact) mass is 933 g/mol. The van der Waals surface area contributed by atoms with Gasteiger partial charge in [-0.2, -0.15) is 10.2 Å². The van der Waals surface area contributed by atoms with Crippen molar-refractivity contribution in [3.63, 3.8) is 0 Å². The first-order chi connectivity index (χ1) is 32.4. The first kappa shape index (κ1) is 46.9. The lowest BCUT2D eigenvalue weighted by atomic mass is 9.78. The number of ether oxygens (including phenoxy) is 3. The number of hydrogen-bond donors (Lipinski definition) is 5. The van der Waals surface area contributed by atoms with E-state index in [0.29, 0.717) is 58.1 Å². The van der Waals surface area contributed by atoms with Gasteiger partial charge < -0.3 is 30.2 Å². The lowest BCUT2D eigenvalue weighted by molar-refractivity contribution is -0.189. The molecule has 1 spiro atoms. The summed E-state index contributed by atoms with van der Waals surface area (Å²) in [6.45, 7) is 17.5. The number of pyridine rings is 1. The number of anilines is 3. The molecule has 0 radical (unpaired) electrons. The molecular weight excluding hydrogens is 879 g/mol. The SMILES string of the molecule is CCn1nc(C)cc1C(=O)Nc1nc2cc(C(N)=O)cnc2n1C/C=C/Cn1c(NC(=O)c2c(NC(=O)OC(C)(C)C)c(C)nn2CC)nc2cc(C(N)=O)cc(OCCN3CC4(COC4)C3)c21. The first-order valence-electron chi connectivity index (χ1n) is 22.2. The molecule has 5 amide bonds. The number of aryl methyl sites for hydroxylation is 4. The molecule has 0 unspecified atom stereocenters. The molecule has 7 heterocycles. The Labute approximate surface area is 390 Å². The van der Waals surface area contributed by atoms with Crippen LogP contribution in [0, 0.1) is 19.3 Å². The van der Waals surface area contributed by atoms with Crippen LogP contribution in [0.1, 0.15) is 87.7 Å². The van der Waals surface area contributed by atoms with Crippen LogP contribution in [-0.2, 0) is 35.7 Å². The lowest BCUT2D eigenvalue weighted by Crippen LogP contribution is -2.66. The molecule has 0 aliphatic carbocycles. The summed E-state index contributed by atoms with van der Waals surface area (Å²) >= 11 is 0. The van der Waals surface area contributed by atoms with Gasteiger partial charge in [0.15, 0.2) is 11.3 Å². The third kappa shape index (κ3) is 9.60. The number of nitrogens with two attached hydrogens (primary N) is 2. The van der Waals surface area contributed by atoms with Crippen LogP contribution in [0.2, 0.25) is 0 Å². The van der Waals surface area contributed by atoms with Crippen LogP contribution in [0.4, 0.5) is 22.4 Å². The number of nitrogens with one attached hydrogen (secondary N) is 3. The van der Waals surface area contributed by atoms with Gasteiger partial charge >= 0.3 is 6.09 Å². The van der Waals surface area contributed by atoms with Crippen LogP contribution in [0.5, 0.6) is 5.75 Å². The zero-order chi connectivity index (χ0) is 48.7. The number of rotatable bonds is 17. The highest BCUT2D eigenvalue weighted by Crippen LogP contribution is 2.37. The first-order valence-corrected chi connectivity index (χ1v) is 22.2. The minimum absolute atomic E-state index is 0.0502. The Balaban J connectivity index is 1.14. The summed E-state index contributed by atoms with van der Waals surface area (Å²) in [4.78, 5) is 82.0. The molecule has 2 aliphatic rings. The van der Waals surface area contributed by atoms with Crippen LogP contribution in [-0.4, -0.2) is 123 Å². The molecular formula is C45H55N15O8. The van der Waals surface area contributed by atoms with Crippen LogP contribution in [0.15, 0.2) is 42.6 Å². The minimum Gasteiger partial charge on any atom is -0.490 e. The molecule has 2 fully saturated rings. The minimum atomic E-state index is -0.810. The number of carbonyl (C=O) groups excluding carboxylic acids is 5. The van der Waals surface area contributed by atoms with Gasteiger partial charge in [0.05, 0.1) is 41.4 Å². The van der Waals surface area contributed by atoms with E-state index in [1.807, 2.05) is 19.9 Å². The van der Waals surface area contributed by atoms with Crippen molar-refractivity contribution < 1.29 is 38.2 Å². The van der Waals surface area contributed by atoms with Gasteiger partial charge in [-0.25, -0.2) is 19.7 Å². The second kappa shape index (κ2) is 18.6. The van der Waals surface area contributed by atoms with Gasteiger partial charge in [-0.3, -0.25) is 54.0 Å². The van der Waals surface area contributed by atoms with Crippen LogP contribution in [0.3, 0.4) is 0 Å². The van der Waals surface area contributed by atoms with Gasteiger partial charge in [0.1, 0.15) is 34.7 Å². The fourth-order valence-corrected chi connectivity index (χ4v) is 8.34. The van der Waals surface area contributed by atoms with Gasteiger partial charge in [0.25, 0.3) is 11.8 Å². The molecule has 68 heavy (non-hydrogen) atoms. The topological polar surface area (TPSA) is 289 Å². The van der Waals surface area contributed by atoms with Crippen LogP contribution >= 0.6 is 0 Å². The fraction of sp³-hybridized carbons (Fsp3) is 0.422. The average molecular weight is 934 g/mol. The molecule has 23 nitrogen and oxygen atoms in total. The maximum Gasteiger partial charge on any atom is 0.412 e. The van der Waals surface area contributed by atoms with Gasteiger partial charge in [-0.1, -0.05) is 12.2 Å². The largest absolute Gasteiger partial charge is 0.490 e. The molecule has 0 atom stereocenters. The maximum absolute atomic E-state index is 14.5. The van der Waals surface area contributed by atoms with E-state index in [9.17, 15) is 24.0 Å². The van der Waals surface area contributed by atoms with E-state index in [0.717, 1.165) is 26.3 Å². The van der Waals surface area contributed by atoms with Crippen molar-refractivity contribution in [2.45, 2.75) is 80.2 Å². The predicted molar refractivity (Wildman–Crippen MR) is 250 cm³/mol. The van der Waals surface area contributed by atoms with E-state index in [1.54, 1.807) is 66.6 Å². The molecule has 2 aliphatic heterocycles. The normalized spacial score (nSPS) is 14.6. The summed E-state index contributed by atoms with van der Waals surface area (Å²) in [6, 6.07) is 6.25. The Kier molecular flexibility index (Phi) is 12.8. The molecule has 7 N–H and O–H groups in total. The fourth-order valence-electron chi connectivity index (χ4n) is 8.34. The molecule has 0 saturated carbocycles. The van der Waals surface area contributed by atoms with Gasteiger partial charge in [0.2, 0.25) is 23.7 Å². The second-order valence-corrected chi connectivity index (χ2v) is 17.9. The third-order valence-corrected chi connectivity index (χ3v) is 11.5. The second-order valence-electron chi connectivity index (χ2n) is 17.9. The van der Waals surface area contributed by atoms with Gasteiger partial charge in [0, 0.05) is 63.0 Å². The van der Waals surface area contributed by atoms with Crippen LogP contribution < -0.4 is 32.2 Å². The molecule has 0 bridgehead atoms. The van der Waals surface area contributed by atoms with E-state index < -0.39 is 35.3 Å². The Bertz CT molecular complexity index is 3000. The Morgan fingerprint density at radius 3 is 2.12 bits per heavy atom. The lowest BCUT2D eigenvalue weighted by Gasteiger charge is -2.55. The summed E-state index contributed by atoms with van der Waals surface area (Å²) in [6.07, 6.45) is 4.18. The highest BCUT2D eigenvalue weighted by Gasteiger charge is 2.48. The Hall–Kier alpha value is -7.66. The standard InChI is InChI=1S/C45H55N15O8/c1-8-59-31(16-25(3)54-59)39(63)52-42-50-30-18-28(37(47)62)20-48-38(30)58(42)13-11-10-12-57-34-29(17-27(36(46)61)19-32(34)67-15-14-56-21-45(22-56)23-66-24-45)49-41(57)53-40(64)35-33(26(4)55-60(35)9-2)51-43(65)68-44(5,6)7/h10-11,16-20H,8-9,12-15,21-24H2,1-7H3,(H2,46,61)(H2,47,62)(H,51,65)(H,49,53,64)(H,50,52,63)/b11-10+. The number of benzene rings is 1. The van der Waals surface area contributed by atoms with Crippen molar-refractivity contribution >= 4 is 69.5 Å².